The van der Waals surface area contributed by atoms with Crippen LogP contribution >= 0.6 is 0 Å². The Hall–Kier alpha value is 0.410. The third-order valence-electron chi connectivity index (χ3n) is 3.32. The molecular weight excluding hydrogens is 418 g/mol. The second-order valence-electron chi connectivity index (χ2n) is 4.62. The van der Waals surface area contributed by atoms with E-state index in [2.05, 4.69) is 39.8 Å². The predicted octanol–water partition coefficient (Wildman–Crippen LogP) is -1.68. The average molecular weight is 436 g/mol. The topological polar surface area (TPSA) is 0 Å². The van der Waals surface area contributed by atoms with E-state index >= 15 is 0 Å². The van der Waals surface area contributed by atoms with Crippen molar-refractivity contribution >= 4 is 0 Å². The monoisotopic (exact) mass is 436 g/mol. The zero-order valence-corrected chi connectivity index (χ0v) is 15.9. The average Bonchev–Trinajstić information content (AvgIpc) is 2.67. The Labute approximate surface area is 129 Å². The maximum Gasteiger partial charge on any atom is -1.00 e. The molecule has 0 aromatic heterocycles. The van der Waals surface area contributed by atoms with Gasteiger partial charge in [-0.2, -0.15) is 0 Å². The second-order valence-corrected chi connectivity index (χ2v) is 9.11. The summed E-state index contributed by atoms with van der Waals surface area (Å²) in [6.45, 7) is 9.23. The van der Waals surface area contributed by atoms with Crippen LogP contribution in [0.3, 0.4) is 0 Å². The quantitative estimate of drug-likeness (QED) is 0.455. The van der Waals surface area contributed by atoms with Gasteiger partial charge in [0.05, 0.1) is 0 Å². The largest absolute Gasteiger partial charge is 1.00 e. The number of rotatable bonds is 2. The van der Waals surface area contributed by atoms with Crippen LogP contribution in [-0.2, 0) is 22.9 Å². The molecule has 2 aliphatic rings. The fourth-order valence-corrected chi connectivity index (χ4v) is 7.54. The van der Waals surface area contributed by atoms with Gasteiger partial charge < -0.3 is 24.8 Å². The van der Waals surface area contributed by atoms with Gasteiger partial charge in [0.15, 0.2) is 0 Å². The van der Waals surface area contributed by atoms with Crippen LogP contribution in [0, 0.1) is 0 Å². The molecule has 0 N–H and O–H groups in total. The molecule has 0 heterocycles. The summed E-state index contributed by atoms with van der Waals surface area (Å²) < 4.78 is 3.55. The van der Waals surface area contributed by atoms with Gasteiger partial charge in [-0.15, -0.1) is 0 Å². The van der Waals surface area contributed by atoms with Crippen molar-refractivity contribution in [1.29, 1.82) is 0 Å². The smallest absolute Gasteiger partial charge is 1.00 e. The molecule has 0 aliphatic heterocycles. The van der Waals surface area contributed by atoms with Gasteiger partial charge >= 0.3 is 105 Å². The van der Waals surface area contributed by atoms with E-state index in [4.69, 9.17) is 0 Å². The Kier molecular flexibility index (Phi) is 7.28. The van der Waals surface area contributed by atoms with Crippen molar-refractivity contribution < 1.29 is 47.7 Å². The number of halogens is 2. The number of hydrogen-bond donors (Lipinski definition) is 0. The molecule has 0 unspecified atom stereocenters. The van der Waals surface area contributed by atoms with Crippen LogP contribution in [0.1, 0.15) is 40.5 Å². The summed E-state index contributed by atoms with van der Waals surface area (Å²) in [6, 6.07) is 0. The molecular formula is C14H18Cl2Hf. The fourth-order valence-electron chi connectivity index (χ4n) is 2.23. The van der Waals surface area contributed by atoms with E-state index in [0.29, 0.717) is 0 Å². The second kappa shape index (κ2) is 7.11. The minimum Gasteiger partial charge on any atom is -1.00 e. The first-order valence-corrected chi connectivity index (χ1v) is 9.19. The van der Waals surface area contributed by atoms with Crippen molar-refractivity contribution in [2.75, 3.05) is 0 Å². The molecule has 2 rings (SSSR count). The van der Waals surface area contributed by atoms with Crippen molar-refractivity contribution in [3.63, 3.8) is 0 Å². The summed E-state index contributed by atoms with van der Waals surface area (Å²) >= 11 is -0.746. The van der Waals surface area contributed by atoms with Crippen molar-refractivity contribution in [2.24, 2.45) is 0 Å². The van der Waals surface area contributed by atoms with Gasteiger partial charge in [-0.25, -0.2) is 0 Å². The van der Waals surface area contributed by atoms with Gasteiger partial charge in [0.1, 0.15) is 0 Å². The van der Waals surface area contributed by atoms with Crippen LogP contribution in [0.15, 0.2) is 41.1 Å². The standard InChI is InChI=1S/2C7H9.2ClH.Hf/c2*1-6-3-4-7(2)5-6;;;/h2*3H,4H2,1-2H3;2*1H;/q;;;;+2/p-2. The Morgan fingerprint density at radius 2 is 1.12 bits per heavy atom. The Balaban J connectivity index is 0.00000128. The molecule has 92 valence electrons. The summed E-state index contributed by atoms with van der Waals surface area (Å²) in [6.07, 6.45) is 7.23. The Bertz CT molecular complexity index is 386. The minimum atomic E-state index is -0.746. The molecule has 0 saturated carbocycles. The molecule has 0 bridgehead atoms. The van der Waals surface area contributed by atoms with Crippen molar-refractivity contribution in [1.82, 2.24) is 0 Å². The van der Waals surface area contributed by atoms with E-state index in [1.54, 1.807) is 29.0 Å². The van der Waals surface area contributed by atoms with Gasteiger partial charge in [0.25, 0.3) is 0 Å². The number of hydrogen-bond acceptors (Lipinski definition) is 0. The number of allylic oxidation sites excluding steroid dienone is 8. The van der Waals surface area contributed by atoms with Crippen LogP contribution < -0.4 is 24.8 Å². The summed E-state index contributed by atoms with van der Waals surface area (Å²) in [7, 11) is 0. The summed E-state index contributed by atoms with van der Waals surface area (Å²) in [5.41, 5.74) is 6.46. The minimum absolute atomic E-state index is 0. The molecule has 0 aromatic carbocycles. The van der Waals surface area contributed by atoms with Crippen LogP contribution in [0.4, 0.5) is 0 Å². The Morgan fingerprint density at radius 3 is 1.35 bits per heavy atom. The van der Waals surface area contributed by atoms with E-state index in [9.17, 15) is 0 Å². The molecule has 0 fully saturated rings. The van der Waals surface area contributed by atoms with Crippen LogP contribution in [0.2, 0.25) is 0 Å². The normalized spacial score (nSPS) is 18.4. The first kappa shape index (κ1) is 17.4. The van der Waals surface area contributed by atoms with Gasteiger partial charge in [0.2, 0.25) is 0 Å². The van der Waals surface area contributed by atoms with Crippen LogP contribution in [0.5, 0.6) is 0 Å². The van der Waals surface area contributed by atoms with Crippen LogP contribution in [-0.4, -0.2) is 0 Å². The van der Waals surface area contributed by atoms with Crippen molar-refractivity contribution in [3.05, 3.63) is 41.1 Å². The van der Waals surface area contributed by atoms with Crippen molar-refractivity contribution in [3.8, 4) is 0 Å². The zero-order valence-electron chi connectivity index (χ0n) is 10.8. The maximum atomic E-state index is 2.40. The zero-order chi connectivity index (χ0) is 11.0. The van der Waals surface area contributed by atoms with Crippen LogP contribution in [0.25, 0.3) is 0 Å². The summed E-state index contributed by atoms with van der Waals surface area (Å²) in [5, 5.41) is 0. The molecule has 17 heavy (non-hydrogen) atoms. The first-order chi connectivity index (χ1) is 7.09. The molecule has 0 saturated heterocycles. The fraction of sp³-hybridized carbons (Fsp3) is 0.429. The molecule has 3 heteroatoms. The van der Waals surface area contributed by atoms with E-state index in [-0.39, 0.29) is 24.8 Å². The summed E-state index contributed by atoms with van der Waals surface area (Å²) in [4.78, 5) is 0. The first-order valence-electron chi connectivity index (χ1n) is 5.60. The maximum absolute atomic E-state index is 2.40. The van der Waals surface area contributed by atoms with E-state index in [1.165, 1.54) is 12.8 Å². The molecule has 0 amide bonds. The SMILES string of the molecule is CC1=CCC(C)=[C]1[Hf+2][C]1=C(C)CC=C1C.[Cl-].[Cl-]. The molecule has 0 nitrogen and oxygen atoms in total. The van der Waals surface area contributed by atoms with E-state index in [1.807, 2.05) is 0 Å². The van der Waals surface area contributed by atoms with E-state index < -0.39 is 22.9 Å². The molecule has 0 spiro atoms. The Morgan fingerprint density at radius 1 is 0.765 bits per heavy atom. The molecule has 0 aromatic rings. The molecule has 0 atom stereocenters. The molecule has 2 aliphatic carbocycles. The van der Waals surface area contributed by atoms with Gasteiger partial charge in [-0.3, -0.25) is 0 Å². The predicted molar refractivity (Wildman–Crippen MR) is 62.1 cm³/mol. The van der Waals surface area contributed by atoms with Crippen molar-refractivity contribution in [2.45, 2.75) is 40.5 Å². The van der Waals surface area contributed by atoms with Gasteiger partial charge in [-0.05, 0) is 0 Å². The van der Waals surface area contributed by atoms with Gasteiger partial charge in [0, 0.05) is 0 Å². The third kappa shape index (κ3) is 3.68. The van der Waals surface area contributed by atoms with E-state index in [0.717, 1.165) is 0 Å². The summed E-state index contributed by atoms with van der Waals surface area (Å²) in [5.74, 6) is 0. The third-order valence-corrected chi connectivity index (χ3v) is 11.0. The molecule has 0 radical (unpaired) electrons. The van der Waals surface area contributed by atoms with Gasteiger partial charge in [-0.1, -0.05) is 0 Å².